The van der Waals surface area contributed by atoms with Gasteiger partial charge in [-0.3, -0.25) is 0 Å². The normalized spacial score (nSPS) is 10.9. The van der Waals surface area contributed by atoms with E-state index in [1.54, 1.807) is 12.4 Å². The van der Waals surface area contributed by atoms with Crippen molar-refractivity contribution in [3.63, 3.8) is 0 Å². The molecule has 3 rings (SSSR count). The number of benzene rings is 1. The van der Waals surface area contributed by atoms with Crippen molar-refractivity contribution in [1.82, 2.24) is 19.9 Å². The minimum atomic E-state index is 0.673. The van der Waals surface area contributed by atoms with E-state index >= 15 is 0 Å². The van der Waals surface area contributed by atoms with E-state index in [-0.39, 0.29) is 0 Å². The first-order valence-corrected chi connectivity index (χ1v) is 6.52. The Labute approximate surface area is 110 Å². The van der Waals surface area contributed by atoms with Crippen molar-refractivity contribution < 1.29 is 0 Å². The van der Waals surface area contributed by atoms with Crippen LogP contribution in [0.2, 0.25) is 0 Å². The van der Waals surface area contributed by atoms with Crippen LogP contribution < -0.4 is 0 Å². The van der Waals surface area contributed by atoms with E-state index in [1.165, 1.54) is 11.8 Å². The Morgan fingerprint density at radius 2 is 1.88 bits per heavy atom. The van der Waals surface area contributed by atoms with E-state index in [2.05, 4.69) is 35.9 Å². The van der Waals surface area contributed by atoms with Crippen molar-refractivity contribution in [2.24, 2.45) is 0 Å². The van der Waals surface area contributed by atoms with E-state index in [4.69, 9.17) is 0 Å². The van der Waals surface area contributed by atoms with E-state index in [1.807, 2.05) is 24.3 Å². The van der Waals surface area contributed by atoms with Gasteiger partial charge in [0.1, 0.15) is 0 Å². The number of halogens is 1. The average molecular weight is 307 g/mol. The molecular weight excluding hydrogens is 300 g/mol. The summed E-state index contributed by atoms with van der Waals surface area (Å²) in [6.07, 6.45) is 3.44. The third kappa shape index (κ3) is 2.32. The lowest BCUT2D eigenvalue weighted by atomic mass is 10.3. The molecule has 4 nitrogen and oxygen atoms in total. The fourth-order valence-electron chi connectivity index (χ4n) is 1.42. The van der Waals surface area contributed by atoms with Gasteiger partial charge in [0, 0.05) is 12.4 Å². The average Bonchev–Trinajstić information content (AvgIpc) is 2.74. The van der Waals surface area contributed by atoms with Crippen LogP contribution in [0.15, 0.2) is 51.4 Å². The number of aromatic nitrogens is 4. The van der Waals surface area contributed by atoms with E-state index in [9.17, 15) is 0 Å². The molecule has 6 heteroatoms. The van der Waals surface area contributed by atoms with Gasteiger partial charge in [-0.25, -0.2) is 15.0 Å². The molecule has 0 saturated carbocycles. The van der Waals surface area contributed by atoms with Gasteiger partial charge in [-0.2, -0.15) is 0 Å². The van der Waals surface area contributed by atoms with Gasteiger partial charge in [-0.1, -0.05) is 12.1 Å². The lowest BCUT2D eigenvalue weighted by Crippen LogP contribution is -1.85. The fraction of sp³-hybridized carbons (Fsp3) is 0. The van der Waals surface area contributed by atoms with Gasteiger partial charge in [0.05, 0.1) is 15.5 Å². The van der Waals surface area contributed by atoms with Gasteiger partial charge in [0.25, 0.3) is 0 Å². The molecule has 3 aromatic rings. The molecule has 0 bridgehead atoms. The lowest BCUT2D eigenvalue weighted by molar-refractivity contribution is 0.946. The number of fused-ring (bicyclic) bond motifs is 1. The second kappa shape index (κ2) is 4.46. The maximum atomic E-state index is 4.45. The van der Waals surface area contributed by atoms with Crippen molar-refractivity contribution in [2.75, 3.05) is 0 Å². The first-order valence-electron chi connectivity index (χ1n) is 4.91. The Hall–Kier alpha value is -1.40. The highest BCUT2D eigenvalue weighted by Gasteiger charge is 2.05. The zero-order chi connectivity index (χ0) is 11.7. The fourth-order valence-corrected chi connectivity index (χ4v) is 2.31. The summed E-state index contributed by atoms with van der Waals surface area (Å²) in [4.78, 5) is 16.0. The molecule has 84 valence electrons. The minimum absolute atomic E-state index is 0.673. The monoisotopic (exact) mass is 306 g/mol. The lowest BCUT2D eigenvalue weighted by Gasteiger charge is -1.94. The van der Waals surface area contributed by atoms with Gasteiger partial charge >= 0.3 is 0 Å². The third-order valence-corrected chi connectivity index (χ3v) is 3.34. The Morgan fingerprint density at radius 1 is 1.12 bits per heavy atom. The molecule has 2 heterocycles. The van der Waals surface area contributed by atoms with Gasteiger partial charge in [0.15, 0.2) is 10.3 Å². The number of imidazole rings is 1. The molecule has 0 amide bonds. The SMILES string of the molecule is Brc1cnc(Sc2nc3ccccc3[nH]2)nc1. The Bertz CT molecular complexity index is 617. The first kappa shape index (κ1) is 10.7. The third-order valence-electron chi connectivity index (χ3n) is 2.15. The van der Waals surface area contributed by atoms with Crippen LogP contribution in [0.4, 0.5) is 0 Å². The number of aromatic amines is 1. The van der Waals surface area contributed by atoms with Crippen LogP contribution in [0, 0.1) is 0 Å². The van der Waals surface area contributed by atoms with Crippen molar-refractivity contribution in [3.8, 4) is 0 Å². The molecule has 0 unspecified atom stereocenters. The van der Waals surface area contributed by atoms with Crippen molar-refractivity contribution in [2.45, 2.75) is 10.3 Å². The van der Waals surface area contributed by atoms with Gasteiger partial charge in [-0.05, 0) is 39.8 Å². The molecule has 0 aliphatic heterocycles. The van der Waals surface area contributed by atoms with E-state index in [0.29, 0.717) is 5.16 Å². The molecule has 2 aromatic heterocycles. The van der Waals surface area contributed by atoms with Crippen LogP contribution in [0.3, 0.4) is 0 Å². The molecule has 1 N–H and O–H groups in total. The topological polar surface area (TPSA) is 54.5 Å². The number of nitrogens with zero attached hydrogens (tertiary/aromatic N) is 3. The van der Waals surface area contributed by atoms with Crippen molar-refractivity contribution >= 4 is 38.7 Å². The molecule has 1 aromatic carbocycles. The molecule has 0 aliphatic rings. The summed E-state index contributed by atoms with van der Waals surface area (Å²) in [5.74, 6) is 0. The van der Waals surface area contributed by atoms with Gasteiger partial charge in [-0.15, -0.1) is 0 Å². The Kier molecular flexibility index (Phi) is 2.82. The number of para-hydroxylation sites is 2. The summed E-state index contributed by atoms with van der Waals surface area (Å²) in [5, 5.41) is 1.47. The van der Waals surface area contributed by atoms with Crippen LogP contribution in [-0.2, 0) is 0 Å². The highest BCUT2D eigenvalue weighted by Crippen LogP contribution is 2.24. The summed E-state index contributed by atoms with van der Waals surface area (Å²) in [5.41, 5.74) is 1.97. The zero-order valence-corrected chi connectivity index (χ0v) is 11.0. The van der Waals surface area contributed by atoms with Crippen molar-refractivity contribution in [3.05, 3.63) is 41.1 Å². The highest BCUT2D eigenvalue weighted by atomic mass is 79.9. The molecular formula is C11H7BrN4S. The van der Waals surface area contributed by atoms with Crippen molar-refractivity contribution in [1.29, 1.82) is 0 Å². The minimum Gasteiger partial charge on any atom is -0.333 e. The highest BCUT2D eigenvalue weighted by molar-refractivity contribution is 9.10. The number of nitrogens with one attached hydrogen (secondary N) is 1. The summed E-state index contributed by atoms with van der Waals surface area (Å²) in [6, 6.07) is 7.91. The van der Waals surface area contributed by atoms with Crippen LogP contribution in [0.1, 0.15) is 0 Å². The second-order valence-corrected chi connectivity index (χ2v) is 5.22. The largest absolute Gasteiger partial charge is 0.333 e. The maximum Gasteiger partial charge on any atom is 0.195 e. The number of hydrogen-bond donors (Lipinski definition) is 1. The molecule has 0 radical (unpaired) electrons. The van der Waals surface area contributed by atoms with Gasteiger partial charge < -0.3 is 4.98 Å². The maximum absolute atomic E-state index is 4.45. The standard InChI is InChI=1S/C11H7BrN4S/c12-7-5-13-10(14-6-7)17-11-15-8-3-1-2-4-9(8)16-11/h1-6H,(H,15,16). The number of hydrogen-bond acceptors (Lipinski definition) is 4. The predicted octanol–water partition coefficient (Wildman–Crippen LogP) is 3.27. The van der Waals surface area contributed by atoms with Gasteiger partial charge in [0.2, 0.25) is 0 Å². The summed E-state index contributed by atoms with van der Waals surface area (Å²) < 4.78 is 0.867. The summed E-state index contributed by atoms with van der Waals surface area (Å²) >= 11 is 4.71. The molecule has 17 heavy (non-hydrogen) atoms. The number of H-pyrrole nitrogens is 1. The summed E-state index contributed by atoms with van der Waals surface area (Å²) in [7, 11) is 0. The second-order valence-electron chi connectivity index (χ2n) is 3.35. The Morgan fingerprint density at radius 3 is 2.65 bits per heavy atom. The smallest absolute Gasteiger partial charge is 0.195 e. The predicted molar refractivity (Wildman–Crippen MR) is 69.9 cm³/mol. The zero-order valence-electron chi connectivity index (χ0n) is 8.59. The number of rotatable bonds is 2. The quantitative estimate of drug-likeness (QED) is 0.738. The Balaban J connectivity index is 1.92. The van der Waals surface area contributed by atoms with Crippen LogP contribution >= 0.6 is 27.7 Å². The first-order chi connectivity index (χ1) is 8.31. The molecule has 0 spiro atoms. The van der Waals surface area contributed by atoms with E-state index in [0.717, 1.165) is 20.7 Å². The van der Waals surface area contributed by atoms with Crippen LogP contribution in [-0.4, -0.2) is 19.9 Å². The van der Waals surface area contributed by atoms with Crippen LogP contribution in [0.5, 0.6) is 0 Å². The molecule has 0 aliphatic carbocycles. The molecule has 0 atom stereocenters. The molecule has 0 fully saturated rings. The van der Waals surface area contributed by atoms with Crippen LogP contribution in [0.25, 0.3) is 11.0 Å². The summed E-state index contributed by atoms with van der Waals surface area (Å²) in [6.45, 7) is 0. The van der Waals surface area contributed by atoms with E-state index < -0.39 is 0 Å². The molecule has 0 saturated heterocycles.